The standard InChI is InChI=1S/C21H24N6O/c1-15(20-12-24-14-26(20)2)13-27(23)18-8-4-6-16(10-18)21(22)25-17-7-5-9-19(11-17)28-3/h4-14H,23H2,1-3H3,(H2,22,25)/b15-13+. The number of ether oxygens (including phenoxy) is 1. The lowest BCUT2D eigenvalue weighted by Crippen LogP contribution is -2.25. The molecule has 0 aliphatic rings. The maximum atomic E-state index is 6.24. The van der Waals surface area contributed by atoms with E-state index in [9.17, 15) is 0 Å². The van der Waals surface area contributed by atoms with E-state index in [-0.39, 0.29) is 0 Å². The van der Waals surface area contributed by atoms with Gasteiger partial charge in [-0.05, 0) is 36.8 Å². The first-order valence-electron chi connectivity index (χ1n) is 8.75. The van der Waals surface area contributed by atoms with Crippen LogP contribution in [0.4, 0.5) is 11.4 Å². The van der Waals surface area contributed by atoms with Crippen molar-refractivity contribution in [1.29, 1.82) is 0 Å². The van der Waals surface area contributed by atoms with Gasteiger partial charge < -0.3 is 15.0 Å². The molecule has 1 heterocycles. The molecule has 3 rings (SSSR count). The van der Waals surface area contributed by atoms with Crippen molar-refractivity contribution in [2.24, 2.45) is 23.6 Å². The number of hydrazine groups is 1. The summed E-state index contributed by atoms with van der Waals surface area (Å²) in [6, 6.07) is 15.0. The number of hydrogen-bond donors (Lipinski definition) is 2. The van der Waals surface area contributed by atoms with E-state index in [0.29, 0.717) is 5.84 Å². The highest BCUT2D eigenvalue weighted by molar-refractivity contribution is 5.99. The molecule has 0 aliphatic heterocycles. The van der Waals surface area contributed by atoms with Crippen molar-refractivity contribution in [2.45, 2.75) is 6.92 Å². The Morgan fingerprint density at radius 1 is 1.21 bits per heavy atom. The van der Waals surface area contributed by atoms with Gasteiger partial charge in [0.05, 0.1) is 36.7 Å². The Morgan fingerprint density at radius 2 is 2.00 bits per heavy atom. The molecular weight excluding hydrogens is 352 g/mol. The first-order valence-corrected chi connectivity index (χ1v) is 8.75. The van der Waals surface area contributed by atoms with Crippen LogP contribution in [0, 0.1) is 0 Å². The number of nitrogens with two attached hydrogens (primary N) is 2. The van der Waals surface area contributed by atoms with Gasteiger partial charge in [-0.2, -0.15) is 0 Å². The fourth-order valence-electron chi connectivity index (χ4n) is 2.80. The molecule has 0 unspecified atom stereocenters. The van der Waals surface area contributed by atoms with E-state index in [1.165, 1.54) is 0 Å². The number of aliphatic imine (C=N–C) groups is 1. The van der Waals surface area contributed by atoms with Crippen molar-refractivity contribution in [3.8, 4) is 5.75 Å². The lowest BCUT2D eigenvalue weighted by atomic mass is 10.1. The Kier molecular flexibility index (Phi) is 5.76. The van der Waals surface area contributed by atoms with Crippen LogP contribution in [0.5, 0.6) is 5.75 Å². The van der Waals surface area contributed by atoms with Gasteiger partial charge in [-0.3, -0.25) is 5.01 Å². The van der Waals surface area contributed by atoms with Gasteiger partial charge in [0.1, 0.15) is 11.6 Å². The summed E-state index contributed by atoms with van der Waals surface area (Å²) >= 11 is 0. The number of methoxy groups -OCH3 is 1. The molecule has 0 saturated carbocycles. The third-order valence-electron chi connectivity index (χ3n) is 4.30. The van der Waals surface area contributed by atoms with E-state index in [1.54, 1.807) is 24.6 Å². The third kappa shape index (κ3) is 4.39. The number of allylic oxidation sites excluding steroid dienone is 1. The summed E-state index contributed by atoms with van der Waals surface area (Å²) in [6.45, 7) is 1.99. The van der Waals surface area contributed by atoms with Crippen LogP contribution in [0.25, 0.3) is 5.57 Å². The minimum absolute atomic E-state index is 0.399. The van der Waals surface area contributed by atoms with Crippen LogP contribution < -0.4 is 21.3 Å². The zero-order valence-electron chi connectivity index (χ0n) is 16.2. The van der Waals surface area contributed by atoms with Crippen LogP contribution in [-0.4, -0.2) is 22.5 Å². The van der Waals surface area contributed by atoms with Crippen molar-refractivity contribution >= 4 is 22.8 Å². The Balaban J connectivity index is 1.85. The second-order valence-corrected chi connectivity index (χ2v) is 6.36. The van der Waals surface area contributed by atoms with Gasteiger partial charge in [-0.1, -0.05) is 18.2 Å². The van der Waals surface area contributed by atoms with Crippen molar-refractivity contribution in [3.05, 3.63) is 78.5 Å². The first kappa shape index (κ1) is 19.2. The minimum atomic E-state index is 0.399. The van der Waals surface area contributed by atoms with Crippen LogP contribution in [0.15, 0.2) is 72.2 Å². The molecule has 1 aromatic heterocycles. The molecule has 7 heteroatoms. The summed E-state index contributed by atoms with van der Waals surface area (Å²) in [4.78, 5) is 8.61. The van der Waals surface area contributed by atoms with E-state index in [0.717, 1.165) is 34.0 Å². The smallest absolute Gasteiger partial charge is 0.131 e. The number of benzene rings is 2. The molecule has 2 aromatic carbocycles. The summed E-state index contributed by atoms with van der Waals surface area (Å²) in [5.41, 5.74) is 10.5. The number of anilines is 1. The molecule has 0 aliphatic carbocycles. The molecule has 4 N–H and O–H groups in total. The van der Waals surface area contributed by atoms with Crippen LogP contribution in [0.3, 0.4) is 0 Å². The summed E-state index contributed by atoms with van der Waals surface area (Å²) in [7, 11) is 3.56. The van der Waals surface area contributed by atoms with Crippen LogP contribution in [0.2, 0.25) is 0 Å². The summed E-state index contributed by atoms with van der Waals surface area (Å²) in [5.74, 6) is 7.37. The number of aryl methyl sites for hydroxylation is 1. The van der Waals surface area contributed by atoms with E-state index in [4.69, 9.17) is 16.3 Å². The Labute approximate surface area is 164 Å². The topological polar surface area (TPSA) is 94.7 Å². The Morgan fingerprint density at radius 3 is 2.71 bits per heavy atom. The highest BCUT2D eigenvalue weighted by Crippen LogP contribution is 2.22. The molecule has 0 radical (unpaired) electrons. The van der Waals surface area contributed by atoms with Gasteiger partial charge in [0.15, 0.2) is 0 Å². The fraction of sp³-hybridized carbons (Fsp3) is 0.143. The number of nitrogens with zero attached hydrogens (tertiary/aromatic N) is 4. The third-order valence-corrected chi connectivity index (χ3v) is 4.30. The zero-order chi connectivity index (χ0) is 20.1. The lowest BCUT2D eigenvalue weighted by molar-refractivity contribution is 0.415. The van der Waals surface area contributed by atoms with Crippen molar-refractivity contribution in [1.82, 2.24) is 9.55 Å². The highest BCUT2D eigenvalue weighted by Gasteiger charge is 2.07. The lowest BCUT2D eigenvalue weighted by Gasteiger charge is -2.16. The molecule has 0 amide bonds. The molecule has 0 fully saturated rings. The molecule has 0 bridgehead atoms. The largest absolute Gasteiger partial charge is 0.497 e. The number of imidazole rings is 1. The predicted octanol–water partition coefficient (Wildman–Crippen LogP) is 3.21. The maximum absolute atomic E-state index is 6.24. The summed E-state index contributed by atoms with van der Waals surface area (Å²) in [5, 5.41) is 1.56. The first-order chi connectivity index (χ1) is 13.5. The number of hydrogen-bond acceptors (Lipinski definition) is 5. The second kappa shape index (κ2) is 8.41. The second-order valence-electron chi connectivity index (χ2n) is 6.36. The van der Waals surface area contributed by atoms with E-state index >= 15 is 0 Å². The van der Waals surface area contributed by atoms with Gasteiger partial charge >= 0.3 is 0 Å². The zero-order valence-corrected chi connectivity index (χ0v) is 16.2. The normalized spacial score (nSPS) is 12.1. The van der Waals surface area contributed by atoms with Gasteiger partial charge in [-0.25, -0.2) is 15.8 Å². The monoisotopic (exact) mass is 376 g/mol. The van der Waals surface area contributed by atoms with E-state index in [1.807, 2.05) is 73.3 Å². The highest BCUT2D eigenvalue weighted by atomic mass is 16.5. The van der Waals surface area contributed by atoms with Gasteiger partial charge in [0.25, 0.3) is 0 Å². The van der Waals surface area contributed by atoms with E-state index in [2.05, 4.69) is 9.98 Å². The summed E-state index contributed by atoms with van der Waals surface area (Å²) < 4.78 is 7.16. The average Bonchev–Trinajstić information content (AvgIpc) is 3.14. The van der Waals surface area contributed by atoms with Gasteiger partial charge in [0.2, 0.25) is 0 Å². The SMILES string of the molecule is COc1cccc(N=C(N)c2cccc(N(N)/C=C(\C)c3cncn3C)c2)c1. The number of aromatic nitrogens is 2. The van der Waals surface area contributed by atoms with Crippen molar-refractivity contribution in [2.75, 3.05) is 12.1 Å². The predicted molar refractivity (Wildman–Crippen MR) is 113 cm³/mol. The molecule has 0 saturated heterocycles. The maximum Gasteiger partial charge on any atom is 0.131 e. The molecule has 0 atom stereocenters. The molecule has 0 spiro atoms. The molecular formula is C21H24N6O. The summed E-state index contributed by atoms with van der Waals surface area (Å²) in [6.07, 6.45) is 5.41. The van der Waals surface area contributed by atoms with Crippen molar-refractivity contribution < 1.29 is 4.74 Å². The number of amidine groups is 1. The fourth-order valence-corrected chi connectivity index (χ4v) is 2.80. The van der Waals surface area contributed by atoms with Crippen LogP contribution in [-0.2, 0) is 7.05 Å². The Hall–Kier alpha value is -3.58. The van der Waals surface area contributed by atoms with Crippen molar-refractivity contribution in [3.63, 3.8) is 0 Å². The average molecular weight is 376 g/mol. The quantitative estimate of drug-likeness (QED) is 0.298. The molecule has 7 nitrogen and oxygen atoms in total. The number of rotatable bonds is 6. The minimum Gasteiger partial charge on any atom is -0.497 e. The van der Waals surface area contributed by atoms with Gasteiger partial charge in [0, 0.05) is 24.9 Å². The molecule has 144 valence electrons. The van der Waals surface area contributed by atoms with Crippen LogP contribution in [0.1, 0.15) is 18.2 Å². The van der Waals surface area contributed by atoms with E-state index < -0.39 is 0 Å². The molecule has 3 aromatic rings. The Bertz CT molecular complexity index is 1020. The van der Waals surface area contributed by atoms with Crippen LogP contribution >= 0.6 is 0 Å². The van der Waals surface area contributed by atoms with Gasteiger partial charge in [-0.15, -0.1) is 0 Å². The molecule has 28 heavy (non-hydrogen) atoms.